The smallest absolute Gasteiger partial charge is 0.226 e. The summed E-state index contributed by atoms with van der Waals surface area (Å²) in [5.74, 6) is 2.98. The molecular weight excluding hydrogens is 356 g/mol. The van der Waals surface area contributed by atoms with E-state index < -0.39 is 0 Å². The summed E-state index contributed by atoms with van der Waals surface area (Å²) in [6.45, 7) is 6.67. The molecule has 1 fully saturated rings. The van der Waals surface area contributed by atoms with Crippen LogP contribution in [0.15, 0.2) is 59.1 Å². The first kappa shape index (κ1) is 19.9. The highest BCUT2D eigenvalue weighted by Gasteiger charge is 2.23. The number of aryl methyl sites for hydroxylation is 1. The zero-order valence-electron chi connectivity index (χ0n) is 17.9. The van der Waals surface area contributed by atoms with Crippen LogP contribution in [0.1, 0.15) is 75.8 Å². The lowest BCUT2D eigenvalue weighted by molar-refractivity contribution is 0.295. The lowest BCUT2D eigenvalue weighted by Gasteiger charge is -2.28. The Labute approximate surface area is 174 Å². The van der Waals surface area contributed by atoms with Crippen molar-refractivity contribution in [3.63, 3.8) is 0 Å². The van der Waals surface area contributed by atoms with Gasteiger partial charge in [0.1, 0.15) is 0 Å². The van der Waals surface area contributed by atoms with Crippen molar-refractivity contribution in [2.75, 3.05) is 0 Å². The highest BCUT2D eigenvalue weighted by Crippen LogP contribution is 2.37. The number of nitrogens with zero attached hydrogens (tertiary/aromatic N) is 2. The van der Waals surface area contributed by atoms with Gasteiger partial charge in [0.15, 0.2) is 0 Å². The molecule has 0 saturated heterocycles. The van der Waals surface area contributed by atoms with Crippen molar-refractivity contribution in [3.05, 3.63) is 71.6 Å². The fourth-order valence-corrected chi connectivity index (χ4v) is 4.43. The fraction of sp³-hybridized carbons (Fsp3) is 0.462. The third-order valence-corrected chi connectivity index (χ3v) is 6.36. The second-order valence-corrected chi connectivity index (χ2v) is 9.51. The van der Waals surface area contributed by atoms with Crippen molar-refractivity contribution in [3.8, 4) is 11.4 Å². The molecule has 0 amide bonds. The average Bonchev–Trinajstić information content (AvgIpc) is 3.22. The van der Waals surface area contributed by atoms with Crippen LogP contribution in [-0.2, 0) is 11.8 Å². The molecule has 1 aromatic heterocycles. The second kappa shape index (κ2) is 8.52. The summed E-state index contributed by atoms with van der Waals surface area (Å²) in [6, 6.07) is 19.5. The molecule has 1 heterocycles. The van der Waals surface area contributed by atoms with Crippen LogP contribution in [0.3, 0.4) is 0 Å². The molecule has 0 aliphatic heterocycles. The van der Waals surface area contributed by atoms with Crippen molar-refractivity contribution in [1.82, 2.24) is 10.1 Å². The molecule has 2 aromatic carbocycles. The predicted octanol–water partition coefficient (Wildman–Crippen LogP) is 6.94. The van der Waals surface area contributed by atoms with E-state index in [9.17, 15) is 0 Å². The van der Waals surface area contributed by atoms with E-state index in [-0.39, 0.29) is 5.41 Å². The van der Waals surface area contributed by atoms with Gasteiger partial charge in [-0.05, 0) is 60.5 Å². The Kier molecular flexibility index (Phi) is 5.84. The molecule has 0 atom stereocenters. The Morgan fingerprint density at radius 1 is 0.897 bits per heavy atom. The zero-order valence-corrected chi connectivity index (χ0v) is 17.9. The standard InChI is InChI=1S/C26H32N2O/c1-26(2,3)23-16-14-22(15-17-23)25-27-24(29-28-25)18-11-19-9-12-21(13-10-19)20-7-5-4-6-8-20/h4-8,14-17,19,21H,9-13,18H2,1-3H3. The van der Waals surface area contributed by atoms with Crippen LogP contribution < -0.4 is 0 Å². The highest BCUT2D eigenvalue weighted by molar-refractivity contribution is 5.55. The first-order chi connectivity index (χ1) is 14.0. The summed E-state index contributed by atoms with van der Waals surface area (Å²) in [4.78, 5) is 4.64. The summed E-state index contributed by atoms with van der Waals surface area (Å²) < 4.78 is 5.54. The minimum atomic E-state index is 0.153. The van der Waals surface area contributed by atoms with Gasteiger partial charge < -0.3 is 4.52 Å². The van der Waals surface area contributed by atoms with Gasteiger partial charge in [-0.25, -0.2) is 0 Å². The number of hydrogen-bond acceptors (Lipinski definition) is 3. The lowest BCUT2D eigenvalue weighted by Crippen LogP contribution is -2.14. The Bertz CT molecular complexity index is 898. The Balaban J connectivity index is 1.29. The molecule has 29 heavy (non-hydrogen) atoms. The second-order valence-electron chi connectivity index (χ2n) is 9.51. The number of hydrogen-bond donors (Lipinski definition) is 0. The molecule has 0 N–H and O–H groups in total. The van der Waals surface area contributed by atoms with Gasteiger partial charge in [-0.3, -0.25) is 0 Å². The molecule has 0 bridgehead atoms. The van der Waals surface area contributed by atoms with Crippen molar-refractivity contribution >= 4 is 0 Å². The largest absolute Gasteiger partial charge is 0.339 e. The molecule has 1 saturated carbocycles. The van der Waals surface area contributed by atoms with Crippen LogP contribution >= 0.6 is 0 Å². The molecule has 152 valence electrons. The number of rotatable bonds is 5. The maximum absolute atomic E-state index is 5.54. The van der Waals surface area contributed by atoms with Crippen LogP contribution in [0, 0.1) is 5.92 Å². The average molecular weight is 389 g/mol. The van der Waals surface area contributed by atoms with E-state index in [1.807, 2.05) is 0 Å². The summed E-state index contributed by atoms with van der Waals surface area (Å²) in [6.07, 6.45) is 7.22. The van der Waals surface area contributed by atoms with Crippen LogP contribution in [0.5, 0.6) is 0 Å². The van der Waals surface area contributed by atoms with Crippen molar-refractivity contribution in [2.24, 2.45) is 5.92 Å². The van der Waals surface area contributed by atoms with E-state index in [2.05, 4.69) is 85.5 Å². The van der Waals surface area contributed by atoms with Gasteiger partial charge in [0.25, 0.3) is 0 Å². The van der Waals surface area contributed by atoms with Gasteiger partial charge in [0.05, 0.1) is 0 Å². The lowest BCUT2D eigenvalue weighted by atomic mass is 9.77. The molecule has 1 aliphatic rings. The van der Waals surface area contributed by atoms with Crippen LogP contribution in [0.25, 0.3) is 11.4 Å². The predicted molar refractivity (Wildman–Crippen MR) is 118 cm³/mol. The minimum absolute atomic E-state index is 0.153. The SMILES string of the molecule is CC(C)(C)c1ccc(-c2noc(CCC3CCC(c4ccccc4)CC3)n2)cc1. The summed E-state index contributed by atoms with van der Waals surface area (Å²) >= 11 is 0. The molecule has 0 unspecified atom stereocenters. The van der Waals surface area contributed by atoms with Crippen LogP contribution in [0.2, 0.25) is 0 Å². The molecule has 0 radical (unpaired) electrons. The molecular formula is C26H32N2O. The van der Waals surface area contributed by atoms with E-state index in [0.717, 1.165) is 36.1 Å². The van der Waals surface area contributed by atoms with Gasteiger partial charge in [0, 0.05) is 12.0 Å². The number of aromatic nitrogens is 2. The Morgan fingerprint density at radius 3 is 2.24 bits per heavy atom. The molecule has 3 nitrogen and oxygen atoms in total. The van der Waals surface area contributed by atoms with Crippen molar-refractivity contribution in [1.29, 1.82) is 0 Å². The van der Waals surface area contributed by atoms with E-state index in [1.54, 1.807) is 0 Å². The summed E-state index contributed by atoms with van der Waals surface area (Å²) in [5, 5.41) is 4.21. The van der Waals surface area contributed by atoms with Crippen LogP contribution in [-0.4, -0.2) is 10.1 Å². The van der Waals surface area contributed by atoms with Gasteiger partial charge in [-0.2, -0.15) is 4.98 Å². The third-order valence-electron chi connectivity index (χ3n) is 6.36. The summed E-state index contributed by atoms with van der Waals surface area (Å²) in [7, 11) is 0. The van der Waals surface area contributed by atoms with E-state index in [1.165, 1.54) is 36.8 Å². The normalized spacial score (nSPS) is 20.0. The molecule has 3 heteroatoms. The monoisotopic (exact) mass is 388 g/mol. The molecule has 0 spiro atoms. The maximum atomic E-state index is 5.54. The zero-order chi connectivity index (χ0) is 20.3. The van der Waals surface area contributed by atoms with Gasteiger partial charge in [-0.1, -0.05) is 80.5 Å². The third kappa shape index (κ3) is 4.95. The molecule has 4 rings (SSSR count). The quantitative estimate of drug-likeness (QED) is 0.475. The van der Waals surface area contributed by atoms with E-state index in [4.69, 9.17) is 4.52 Å². The maximum Gasteiger partial charge on any atom is 0.226 e. The van der Waals surface area contributed by atoms with Gasteiger partial charge in [0.2, 0.25) is 11.7 Å². The van der Waals surface area contributed by atoms with Gasteiger partial charge >= 0.3 is 0 Å². The molecule has 1 aliphatic carbocycles. The Hall–Kier alpha value is -2.42. The van der Waals surface area contributed by atoms with Crippen molar-refractivity contribution < 1.29 is 4.52 Å². The highest BCUT2D eigenvalue weighted by atomic mass is 16.5. The summed E-state index contributed by atoms with van der Waals surface area (Å²) in [5.41, 5.74) is 4.00. The first-order valence-corrected chi connectivity index (χ1v) is 11.0. The van der Waals surface area contributed by atoms with Gasteiger partial charge in [-0.15, -0.1) is 0 Å². The topological polar surface area (TPSA) is 38.9 Å². The van der Waals surface area contributed by atoms with Crippen molar-refractivity contribution in [2.45, 2.75) is 70.6 Å². The molecule has 3 aromatic rings. The Morgan fingerprint density at radius 2 is 1.59 bits per heavy atom. The first-order valence-electron chi connectivity index (χ1n) is 11.0. The van der Waals surface area contributed by atoms with E-state index in [0.29, 0.717) is 5.82 Å². The number of benzene rings is 2. The van der Waals surface area contributed by atoms with E-state index >= 15 is 0 Å². The fourth-order valence-electron chi connectivity index (χ4n) is 4.43. The van der Waals surface area contributed by atoms with Crippen LogP contribution in [0.4, 0.5) is 0 Å². The minimum Gasteiger partial charge on any atom is -0.339 e.